The van der Waals surface area contributed by atoms with Crippen LogP contribution in [0.3, 0.4) is 0 Å². The summed E-state index contributed by atoms with van der Waals surface area (Å²) >= 11 is 3.29. The topological polar surface area (TPSA) is 94.9 Å². The van der Waals surface area contributed by atoms with Gasteiger partial charge >= 0.3 is 11.9 Å². The molecule has 1 aliphatic heterocycles. The number of carbonyl (C=O) groups is 3. The molecule has 2 N–H and O–H groups in total. The van der Waals surface area contributed by atoms with Crippen molar-refractivity contribution in [3.05, 3.63) is 29.3 Å². The molecule has 6 nitrogen and oxygen atoms in total. The van der Waals surface area contributed by atoms with Gasteiger partial charge in [-0.3, -0.25) is 4.79 Å². The van der Waals surface area contributed by atoms with Crippen LogP contribution in [0.15, 0.2) is 18.2 Å². The van der Waals surface area contributed by atoms with Gasteiger partial charge in [0.15, 0.2) is 0 Å². The number of para-hydroxylation sites is 1. The summed E-state index contributed by atoms with van der Waals surface area (Å²) in [7, 11) is 0. The van der Waals surface area contributed by atoms with E-state index in [4.69, 9.17) is 0 Å². The number of alkyl halides is 1. The first-order valence-corrected chi connectivity index (χ1v) is 7.03. The van der Waals surface area contributed by atoms with Crippen LogP contribution in [0.4, 0.5) is 5.69 Å². The number of amides is 1. The van der Waals surface area contributed by atoms with E-state index < -0.39 is 11.9 Å². The first kappa shape index (κ1) is 14.5. The third-order valence-electron chi connectivity index (χ3n) is 3.19. The molecule has 1 atom stereocenters. The van der Waals surface area contributed by atoms with Crippen LogP contribution >= 0.6 is 15.9 Å². The Bertz CT molecular complexity index is 554. The summed E-state index contributed by atoms with van der Waals surface area (Å²) in [6, 6.07) is 3.97. The molecule has 0 aliphatic carbocycles. The monoisotopic (exact) mass is 341 g/mol. The number of carbonyl (C=O) groups excluding carboxylic acids is 1. The van der Waals surface area contributed by atoms with Gasteiger partial charge in [-0.05, 0) is 18.1 Å². The molecule has 1 unspecified atom stereocenters. The first-order valence-electron chi connectivity index (χ1n) is 5.91. The van der Waals surface area contributed by atoms with E-state index in [-0.39, 0.29) is 35.1 Å². The second-order valence-electron chi connectivity index (χ2n) is 4.54. The van der Waals surface area contributed by atoms with Crippen molar-refractivity contribution in [3.63, 3.8) is 0 Å². The number of rotatable bonds is 4. The molecule has 1 heterocycles. The maximum Gasteiger partial charge on any atom is 0.337 e. The van der Waals surface area contributed by atoms with Gasteiger partial charge in [0, 0.05) is 18.3 Å². The molecule has 1 aromatic carbocycles. The van der Waals surface area contributed by atoms with Gasteiger partial charge in [0.25, 0.3) is 0 Å². The smallest absolute Gasteiger partial charge is 0.337 e. The van der Waals surface area contributed by atoms with E-state index >= 15 is 0 Å². The van der Waals surface area contributed by atoms with Crippen molar-refractivity contribution in [3.8, 4) is 0 Å². The van der Waals surface area contributed by atoms with E-state index in [0.717, 1.165) is 0 Å². The van der Waals surface area contributed by atoms with E-state index in [1.165, 1.54) is 23.1 Å². The average molecular weight is 342 g/mol. The molecule has 2 rings (SSSR count). The van der Waals surface area contributed by atoms with Crippen molar-refractivity contribution in [1.82, 2.24) is 0 Å². The molecular weight excluding hydrogens is 330 g/mol. The fraction of sp³-hybridized carbons (Fsp3) is 0.308. The number of nitrogens with zero attached hydrogens (tertiary/aromatic N) is 1. The maximum atomic E-state index is 12.0. The molecule has 0 bridgehead atoms. The van der Waals surface area contributed by atoms with Crippen LogP contribution in [-0.4, -0.2) is 39.9 Å². The highest BCUT2D eigenvalue weighted by atomic mass is 79.9. The number of hydrogen-bond acceptors (Lipinski definition) is 3. The Labute approximate surface area is 123 Å². The van der Waals surface area contributed by atoms with Gasteiger partial charge in [0.1, 0.15) is 0 Å². The molecule has 1 aromatic rings. The largest absolute Gasteiger partial charge is 0.478 e. The predicted octanol–water partition coefficient (Wildman–Crippen LogP) is 1.83. The Kier molecular flexibility index (Phi) is 4.08. The lowest BCUT2D eigenvalue weighted by Crippen LogP contribution is -2.28. The number of hydrogen-bond donors (Lipinski definition) is 2. The van der Waals surface area contributed by atoms with Crippen LogP contribution in [0.1, 0.15) is 27.1 Å². The summed E-state index contributed by atoms with van der Waals surface area (Å²) in [4.78, 5) is 35.8. The zero-order valence-electron chi connectivity index (χ0n) is 10.4. The number of anilines is 1. The molecule has 0 aromatic heterocycles. The molecular formula is C13H12BrNO5. The third-order valence-corrected chi connectivity index (χ3v) is 4.11. The second kappa shape index (κ2) is 5.62. The van der Waals surface area contributed by atoms with Gasteiger partial charge in [0.05, 0.1) is 16.8 Å². The molecule has 20 heavy (non-hydrogen) atoms. The zero-order chi connectivity index (χ0) is 14.9. The summed E-state index contributed by atoms with van der Waals surface area (Å²) in [5.74, 6) is -2.71. The Balaban J connectivity index is 2.56. The van der Waals surface area contributed by atoms with Crippen molar-refractivity contribution in [2.75, 3.05) is 16.8 Å². The lowest BCUT2D eigenvalue weighted by molar-refractivity contribution is -0.117. The summed E-state index contributed by atoms with van der Waals surface area (Å²) in [5.41, 5.74) is -0.372. The molecule has 1 fully saturated rings. The zero-order valence-corrected chi connectivity index (χ0v) is 12.0. The molecule has 1 saturated heterocycles. The minimum atomic E-state index is -1.25. The van der Waals surface area contributed by atoms with Crippen LogP contribution in [0.2, 0.25) is 0 Å². The van der Waals surface area contributed by atoms with Crippen molar-refractivity contribution in [2.45, 2.75) is 6.42 Å². The minimum Gasteiger partial charge on any atom is -0.478 e. The SMILES string of the molecule is O=C(O)c1cccc(C(=O)O)c1N1CC(CBr)CC1=O. The van der Waals surface area contributed by atoms with Gasteiger partial charge in [-0.2, -0.15) is 0 Å². The molecule has 7 heteroatoms. The third kappa shape index (κ3) is 2.53. The van der Waals surface area contributed by atoms with Gasteiger partial charge < -0.3 is 15.1 Å². The molecule has 1 aliphatic rings. The number of carboxylic acid groups (broad SMARTS) is 2. The molecule has 0 spiro atoms. The quantitative estimate of drug-likeness (QED) is 0.814. The summed E-state index contributed by atoms with van der Waals surface area (Å²) in [5, 5.41) is 19.0. The van der Waals surface area contributed by atoms with Crippen molar-refractivity contribution in [2.24, 2.45) is 5.92 Å². The summed E-state index contributed by atoms with van der Waals surface area (Å²) < 4.78 is 0. The average Bonchev–Trinajstić information content (AvgIpc) is 2.78. The van der Waals surface area contributed by atoms with Gasteiger partial charge in [-0.25, -0.2) is 9.59 Å². The van der Waals surface area contributed by atoms with Gasteiger partial charge in [-0.1, -0.05) is 22.0 Å². The summed E-state index contributed by atoms with van der Waals surface area (Å²) in [6.07, 6.45) is 0.276. The van der Waals surface area contributed by atoms with E-state index in [2.05, 4.69) is 15.9 Å². The van der Waals surface area contributed by atoms with Crippen molar-refractivity contribution in [1.29, 1.82) is 0 Å². The highest BCUT2D eigenvalue weighted by molar-refractivity contribution is 9.09. The predicted molar refractivity (Wildman–Crippen MR) is 74.6 cm³/mol. The fourth-order valence-electron chi connectivity index (χ4n) is 2.28. The van der Waals surface area contributed by atoms with Crippen molar-refractivity contribution < 1.29 is 24.6 Å². The first-order chi connectivity index (χ1) is 9.45. The minimum absolute atomic E-state index is 0.0269. The number of benzene rings is 1. The standard InChI is InChI=1S/C13H12BrNO5/c14-5-7-4-10(16)15(6-7)11-8(12(17)18)2-1-3-9(11)13(19)20/h1-3,7H,4-6H2,(H,17,18)(H,19,20). The highest BCUT2D eigenvalue weighted by Gasteiger charge is 2.34. The Morgan fingerprint density at radius 3 is 2.20 bits per heavy atom. The molecule has 0 saturated carbocycles. The van der Waals surface area contributed by atoms with E-state index in [0.29, 0.717) is 11.9 Å². The van der Waals surface area contributed by atoms with Crippen molar-refractivity contribution >= 4 is 39.5 Å². The summed E-state index contributed by atoms with van der Waals surface area (Å²) in [6.45, 7) is 0.314. The van der Waals surface area contributed by atoms with Crippen LogP contribution in [0.25, 0.3) is 0 Å². The second-order valence-corrected chi connectivity index (χ2v) is 5.19. The number of aromatic carboxylic acids is 2. The number of carboxylic acids is 2. The van der Waals surface area contributed by atoms with E-state index in [9.17, 15) is 24.6 Å². The van der Waals surface area contributed by atoms with Gasteiger partial charge in [0.2, 0.25) is 5.91 Å². The highest BCUT2D eigenvalue weighted by Crippen LogP contribution is 2.32. The molecule has 106 valence electrons. The van der Waals surface area contributed by atoms with E-state index in [1.807, 2.05) is 0 Å². The maximum absolute atomic E-state index is 12.0. The Morgan fingerprint density at radius 2 is 1.80 bits per heavy atom. The fourth-order valence-corrected chi connectivity index (χ4v) is 2.71. The Hall–Kier alpha value is -1.89. The van der Waals surface area contributed by atoms with Crippen LogP contribution < -0.4 is 4.90 Å². The van der Waals surface area contributed by atoms with E-state index in [1.54, 1.807) is 0 Å². The number of halogens is 1. The van der Waals surface area contributed by atoms with Gasteiger partial charge in [-0.15, -0.1) is 0 Å². The molecule has 1 amide bonds. The Morgan fingerprint density at radius 1 is 1.25 bits per heavy atom. The lowest BCUT2D eigenvalue weighted by atomic mass is 10.1. The lowest BCUT2D eigenvalue weighted by Gasteiger charge is -2.20. The van der Waals surface area contributed by atoms with Crippen LogP contribution in [-0.2, 0) is 4.79 Å². The van der Waals surface area contributed by atoms with Crippen LogP contribution in [0, 0.1) is 5.92 Å². The normalized spacial score (nSPS) is 18.4. The van der Waals surface area contributed by atoms with Crippen LogP contribution in [0.5, 0.6) is 0 Å². The molecule has 0 radical (unpaired) electrons.